The van der Waals surface area contributed by atoms with Gasteiger partial charge < -0.3 is 5.32 Å². The van der Waals surface area contributed by atoms with Gasteiger partial charge in [-0.25, -0.2) is 23.1 Å². The Balaban J connectivity index is 2.01. The molecule has 0 aliphatic heterocycles. The van der Waals surface area contributed by atoms with E-state index in [-0.39, 0.29) is 17.3 Å². The molecule has 108 valence electrons. The van der Waals surface area contributed by atoms with Crippen LogP contribution in [0.4, 0.5) is 5.95 Å². The fraction of sp³-hybridized carbons (Fsp3) is 0.444. The maximum absolute atomic E-state index is 12.0. The molecule has 2 heterocycles. The minimum Gasteiger partial charge on any atom is -0.354 e. The van der Waals surface area contributed by atoms with Gasteiger partial charge in [0.15, 0.2) is 5.82 Å². The SMILES string of the molecule is CCCNc1ncc(S(=O)(=O)NCc2nn[nH]n2)cn1. The molecule has 0 bridgehead atoms. The van der Waals surface area contributed by atoms with Gasteiger partial charge in [0.1, 0.15) is 4.90 Å². The number of H-pyrrole nitrogens is 1. The van der Waals surface area contributed by atoms with Crippen molar-refractivity contribution < 1.29 is 8.42 Å². The number of rotatable bonds is 7. The van der Waals surface area contributed by atoms with Crippen molar-refractivity contribution >= 4 is 16.0 Å². The number of nitrogens with one attached hydrogen (secondary N) is 3. The third-order valence-corrected chi connectivity index (χ3v) is 3.64. The third kappa shape index (κ3) is 3.68. The van der Waals surface area contributed by atoms with Crippen molar-refractivity contribution in [2.75, 3.05) is 11.9 Å². The molecule has 2 aromatic heterocycles. The van der Waals surface area contributed by atoms with E-state index in [1.807, 2.05) is 6.92 Å². The summed E-state index contributed by atoms with van der Waals surface area (Å²) in [6.07, 6.45) is 3.41. The number of hydrogen-bond acceptors (Lipinski definition) is 8. The predicted octanol–water partition coefficient (Wildman–Crippen LogP) is -0.710. The first-order chi connectivity index (χ1) is 9.62. The maximum atomic E-state index is 12.0. The quantitative estimate of drug-likeness (QED) is 0.609. The predicted molar refractivity (Wildman–Crippen MR) is 69.0 cm³/mol. The average Bonchev–Trinajstić information content (AvgIpc) is 2.97. The van der Waals surface area contributed by atoms with Crippen molar-refractivity contribution in [2.24, 2.45) is 0 Å². The summed E-state index contributed by atoms with van der Waals surface area (Å²) in [7, 11) is -3.70. The van der Waals surface area contributed by atoms with Crippen LogP contribution in [-0.4, -0.2) is 45.6 Å². The Bertz CT molecular complexity index is 624. The molecule has 10 nitrogen and oxygen atoms in total. The van der Waals surface area contributed by atoms with E-state index in [0.717, 1.165) is 13.0 Å². The zero-order valence-electron chi connectivity index (χ0n) is 10.7. The molecule has 0 aliphatic carbocycles. The molecule has 0 aliphatic rings. The first kappa shape index (κ1) is 14.3. The molecule has 0 radical (unpaired) electrons. The van der Waals surface area contributed by atoms with Gasteiger partial charge >= 0.3 is 0 Å². The lowest BCUT2D eigenvalue weighted by Crippen LogP contribution is -2.24. The van der Waals surface area contributed by atoms with Crippen LogP contribution in [-0.2, 0) is 16.6 Å². The molecule has 11 heteroatoms. The van der Waals surface area contributed by atoms with Crippen molar-refractivity contribution in [3.63, 3.8) is 0 Å². The summed E-state index contributed by atoms with van der Waals surface area (Å²) in [6.45, 7) is 2.67. The van der Waals surface area contributed by atoms with E-state index >= 15 is 0 Å². The van der Waals surface area contributed by atoms with E-state index in [9.17, 15) is 8.42 Å². The first-order valence-electron chi connectivity index (χ1n) is 5.89. The largest absolute Gasteiger partial charge is 0.354 e. The molecule has 2 aromatic rings. The second-order valence-electron chi connectivity index (χ2n) is 3.82. The Labute approximate surface area is 115 Å². The van der Waals surface area contributed by atoms with Gasteiger partial charge in [0.05, 0.1) is 18.9 Å². The zero-order valence-corrected chi connectivity index (χ0v) is 11.6. The van der Waals surface area contributed by atoms with Crippen molar-refractivity contribution in [2.45, 2.75) is 24.8 Å². The number of hydrogen-bond donors (Lipinski definition) is 3. The van der Waals surface area contributed by atoms with Gasteiger partial charge in [0.25, 0.3) is 0 Å². The van der Waals surface area contributed by atoms with E-state index in [4.69, 9.17) is 0 Å². The molecule has 0 amide bonds. The average molecular weight is 298 g/mol. The van der Waals surface area contributed by atoms with E-state index in [1.54, 1.807) is 0 Å². The summed E-state index contributed by atoms with van der Waals surface area (Å²) in [6, 6.07) is 0. The zero-order chi connectivity index (χ0) is 14.4. The molecule has 0 aromatic carbocycles. The first-order valence-corrected chi connectivity index (χ1v) is 7.38. The van der Waals surface area contributed by atoms with Gasteiger partial charge in [-0.3, -0.25) is 0 Å². The van der Waals surface area contributed by atoms with Crippen molar-refractivity contribution in [1.29, 1.82) is 0 Å². The number of sulfonamides is 1. The van der Waals surface area contributed by atoms with Gasteiger partial charge in [-0.1, -0.05) is 12.1 Å². The Hall–Kier alpha value is -2.14. The molecule has 3 N–H and O–H groups in total. The molecule has 0 fully saturated rings. The van der Waals surface area contributed by atoms with Crippen molar-refractivity contribution in [3.8, 4) is 0 Å². The number of anilines is 1. The topological polar surface area (TPSA) is 138 Å². The second kappa shape index (κ2) is 6.34. The number of tetrazole rings is 1. The van der Waals surface area contributed by atoms with Crippen LogP contribution in [0.2, 0.25) is 0 Å². The fourth-order valence-corrected chi connectivity index (χ4v) is 2.15. The Morgan fingerprint density at radius 3 is 2.65 bits per heavy atom. The van der Waals surface area contributed by atoms with Crippen LogP contribution in [0.1, 0.15) is 19.2 Å². The summed E-state index contributed by atoms with van der Waals surface area (Å²) >= 11 is 0. The minimum atomic E-state index is -3.70. The molecule has 20 heavy (non-hydrogen) atoms. The molecule has 0 saturated carbocycles. The molecule has 0 unspecified atom stereocenters. The van der Waals surface area contributed by atoms with Crippen LogP contribution in [0, 0.1) is 0 Å². The van der Waals surface area contributed by atoms with Crippen LogP contribution in [0.3, 0.4) is 0 Å². The van der Waals surface area contributed by atoms with Crippen LogP contribution in [0.25, 0.3) is 0 Å². The van der Waals surface area contributed by atoms with Gasteiger partial charge in [-0.05, 0) is 6.42 Å². The number of aromatic amines is 1. The smallest absolute Gasteiger partial charge is 0.244 e. The number of aromatic nitrogens is 6. The molecule has 0 spiro atoms. The second-order valence-corrected chi connectivity index (χ2v) is 5.59. The van der Waals surface area contributed by atoms with Crippen LogP contribution in [0.5, 0.6) is 0 Å². The lowest BCUT2D eigenvalue weighted by molar-refractivity contribution is 0.578. The van der Waals surface area contributed by atoms with E-state index in [0.29, 0.717) is 5.95 Å². The summed E-state index contributed by atoms with van der Waals surface area (Å²) in [5.74, 6) is 0.639. The van der Waals surface area contributed by atoms with E-state index in [2.05, 4.69) is 40.6 Å². The fourth-order valence-electron chi connectivity index (χ4n) is 1.28. The molecular weight excluding hydrogens is 284 g/mol. The summed E-state index contributed by atoms with van der Waals surface area (Å²) in [5, 5.41) is 15.8. The summed E-state index contributed by atoms with van der Waals surface area (Å²) in [5.41, 5.74) is 0. The van der Waals surface area contributed by atoms with Crippen LogP contribution in [0.15, 0.2) is 17.3 Å². The highest BCUT2D eigenvalue weighted by Gasteiger charge is 2.16. The molecule has 0 saturated heterocycles. The molecule has 2 rings (SSSR count). The van der Waals surface area contributed by atoms with E-state index < -0.39 is 10.0 Å². The van der Waals surface area contributed by atoms with Gasteiger partial charge in [-0.15, -0.1) is 10.2 Å². The van der Waals surface area contributed by atoms with Gasteiger partial charge in [0, 0.05) is 6.54 Å². The van der Waals surface area contributed by atoms with E-state index in [1.165, 1.54) is 12.4 Å². The van der Waals surface area contributed by atoms with Crippen LogP contribution >= 0.6 is 0 Å². The van der Waals surface area contributed by atoms with Gasteiger partial charge in [0.2, 0.25) is 16.0 Å². The van der Waals surface area contributed by atoms with Crippen molar-refractivity contribution in [1.82, 2.24) is 35.3 Å². The lowest BCUT2D eigenvalue weighted by Gasteiger charge is -2.05. The highest BCUT2D eigenvalue weighted by atomic mass is 32.2. The Morgan fingerprint density at radius 2 is 2.05 bits per heavy atom. The Kier molecular flexibility index (Phi) is 4.53. The summed E-state index contributed by atoms with van der Waals surface area (Å²) in [4.78, 5) is 7.85. The normalized spacial score (nSPS) is 11.4. The number of nitrogens with zero attached hydrogens (tertiary/aromatic N) is 5. The standard InChI is InChI=1S/C9H14N8O2S/c1-2-3-10-9-11-4-7(5-12-9)20(18,19)13-6-8-14-16-17-15-8/h4-5,13H,2-3,6H2,1H3,(H,10,11,12)(H,14,15,16,17). The van der Waals surface area contributed by atoms with Crippen molar-refractivity contribution in [3.05, 3.63) is 18.2 Å². The van der Waals surface area contributed by atoms with Crippen LogP contribution < -0.4 is 10.0 Å². The Morgan fingerprint density at radius 1 is 1.30 bits per heavy atom. The minimum absolute atomic E-state index is 0.0250. The maximum Gasteiger partial charge on any atom is 0.244 e. The molecular formula is C9H14N8O2S. The summed E-state index contributed by atoms with van der Waals surface area (Å²) < 4.78 is 26.2. The van der Waals surface area contributed by atoms with Gasteiger partial charge in [-0.2, -0.15) is 5.21 Å². The molecule has 0 atom stereocenters. The highest BCUT2D eigenvalue weighted by molar-refractivity contribution is 7.89. The monoisotopic (exact) mass is 298 g/mol. The lowest BCUT2D eigenvalue weighted by atomic mass is 10.5. The third-order valence-electron chi connectivity index (χ3n) is 2.28. The highest BCUT2D eigenvalue weighted by Crippen LogP contribution is 2.07.